The summed E-state index contributed by atoms with van der Waals surface area (Å²) in [4.78, 5) is 0. The van der Waals surface area contributed by atoms with Crippen molar-refractivity contribution < 1.29 is 0 Å². The maximum Gasteiger partial charge on any atom is 0.0468 e. The van der Waals surface area contributed by atoms with Crippen LogP contribution in [0.25, 0.3) is 0 Å². The van der Waals surface area contributed by atoms with Crippen LogP contribution in [0.5, 0.6) is 0 Å². The highest BCUT2D eigenvalue weighted by molar-refractivity contribution is 6.35. The zero-order valence-corrected chi connectivity index (χ0v) is 13.2. The quantitative estimate of drug-likeness (QED) is 0.817. The van der Waals surface area contributed by atoms with Crippen LogP contribution >= 0.6 is 23.2 Å². The minimum atomic E-state index is 0.237. The molecule has 1 aromatic carbocycles. The lowest BCUT2D eigenvalue weighted by Gasteiger charge is -2.17. The summed E-state index contributed by atoms with van der Waals surface area (Å²) in [6.45, 7) is 11.4. The van der Waals surface area contributed by atoms with Crippen LogP contribution in [-0.2, 0) is 0 Å². The van der Waals surface area contributed by atoms with Crippen LogP contribution in [0.4, 0.5) is 0 Å². The van der Waals surface area contributed by atoms with Gasteiger partial charge >= 0.3 is 0 Å². The molecular weight excluding hydrogens is 265 g/mol. The van der Waals surface area contributed by atoms with Gasteiger partial charge in [-0.25, -0.2) is 0 Å². The molecule has 0 heterocycles. The maximum absolute atomic E-state index is 6.25. The van der Waals surface area contributed by atoms with Crippen molar-refractivity contribution in [2.24, 2.45) is 10.8 Å². The molecule has 0 aromatic heterocycles. The van der Waals surface area contributed by atoms with E-state index in [1.165, 1.54) is 0 Å². The lowest BCUT2D eigenvalue weighted by Crippen LogP contribution is -2.26. The predicted octanol–water partition coefficient (Wildman–Crippen LogP) is 5.08. The molecule has 1 aliphatic rings. The molecule has 1 atom stereocenters. The van der Waals surface area contributed by atoms with Crippen LogP contribution in [-0.4, -0.2) is 6.04 Å². The third-order valence-electron chi connectivity index (χ3n) is 4.87. The highest BCUT2D eigenvalue weighted by atomic mass is 35.5. The monoisotopic (exact) mass is 285 g/mol. The fourth-order valence-corrected chi connectivity index (χ4v) is 3.38. The summed E-state index contributed by atoms with van der Waals surface area (Å²) in [5, 5.41) is 5.10. The second-order valence-electron chi connectivity index (χ2n) is 6.43. The number of rotatable bonds is 3. The Balaban J connectivity index is 2.12. The molecule has 0 bridgehead atoms. The fraction of sp³-hybridized carbons (Fsp3) is 0.600. The third-order valence-corrected chi connectivity index (χ3v) is 5.43. The lowest BCUT2D eigenvalue weighted by atomic mass is 10.0. The topological polar surface area (TPSA) is 12.0 Å². The molecule has 0 amide bonds. The summed E-state index contributed by atoms with van der Waals surface area (Å²) in [5.74, 6) is 0. The first kappa shape index (κ1) is 14.2. The molecule has 0 spiro atoms. The van der Waals surface area contributed by atoms with Crippen molar-refractivity contribution >= 4 is 23.2 Å². The van der Waals surface area contributed by atoms with E-state index >= 15 is 0 Å². The van der Waals surface area contributed by atoms with Gasteiger partial charge in [0.1, 0.15) is 0 Å². The SMILES string of the molecule is CC(NC1C(C)(C)C1(C)C)c1ccc(Cl)cc1Cl. The summed E-state index contributed by atoms with van der Waals surface area (Å²) >= 11 is 12.2. The normalized spacial score (nSPS) is 22.8. The average molecular weight is 286 g/mol. The molecule has 1 fully saturated rings. The van der Waals surface area contributed by atoms with E-state index in [9.17, 15) is 0 Å². The summed E-state index contributed by atoms with van der Waals surface area (Å²) in [7, 11) is 0. The van der Waals surface area contributed by atoms with Crippen molar-refractivity contribution in [2.45, 2.75) is 46.7 Å². The zero-order chi connectivity index (χ0) is 13.7. The molecule has 3 heteroatoms. The molecule has 2 rings (SSSR count). The molecule has 0 radical (unpaired) electrons. The standard InChI is InChI=1S/C15H21Cl2N/c1-9(11-7-6-10(16)8-12(11)17)18-13-14(2,3)15(13,4)5/h6-9,13,18H,1-5H3. The van der Waals surface area contributed by atoms with Crippen molar-refractivity contribution in [3.8, 4) is 0 Å². The van der Waals surface area contributed by atoms with Gasteiger partial charge in [-0.15, -0.1) is 0 Å². The van der Waals surface area contributed by atoms with E-state index in [0.717, 1.165) is 10.6 Å². The van der Waals surface area contributed by atoms with Crippen LogP contribution < -0.4 is 5.32 Å². The number of hydrogen-bond donors (Lipinski definition) is 1. The summed E-state index contributed by atoms with van der Waals surface area (Å²) < 4.78 is 0. The number of nitrogens with one attached hydrogen (secondary N) is 1. The smallest absolute Gasteiger partial charge is 0.0468 e. The van der Waals surface area contributed by atoms with Crippen LogP contribution in [0.15, 0.2) is 18.2 Å². The van der Waals surface area contributed by atoms with Crippen molar-refractivity contribution in [1.82, 2.24) is 5.32 Å². The van der Waals surface area contributed by atoms with Gasteiger partial charge in [0.15, 0.2) is 0 Å². The van der Waals surface area contributed by atoms with E-state index in [4.69, 9.17) is 23.2 Å². The second-order valence-corrected chi connectivity index (χ2v) is 7.27. The van der Waals surface area contributed by atoms with Crippen LogP contribution in [0.3, 0.4) is 0 Å². The molecule has 18 heavy (non-hydrogen) atoms. The summed E-state index contributed by atoms with van der Waals surface area (Å²) in [6.07, 6.45) is 0. The van der Waals surface area contributed by atoms with Gasteiger partial charge in [0, 0.05) is 22.1 Å². The Labute approximate surface area is 120 Å². The first-order valence-corrected chi connectivity index (χ1v) is 7.14. The van der Waals surface area contributed by atoms with Crippen LogP contribution in [0.1, 0.15) is 46.2 Å². The molecule has 1 aliphatic carbocycles. The highest BCUT2D eigenvalue weighted by Crippen LogP contribution is 2.63. The molecule has 0 saturated heterocycles. The van der Waals surface area contributed by atoms with Gasteiger partial charge in [0.2, 0.25) is 0 Å². The van der Waals surface area contributed by atoms with Gasteiger partial charge in [0.25, 0.3) is 0 Å². The molecule has 1 nitrogen and oxygen atoms in total. The Hall–Kier alpha value is -0.240. The second kappa shape index (κ2) is 4.40. The maximum atomic E-state index is 6.25. The Kier molecular flexibility index (Phi) is 3.46. The molecule has 1 saturated carbocycles. The van der Waals surface area contributed by atoms with Gasteiger partial charge in [-0.2, -0.15) is 0 Å². The van der Waals surface area contributed by atoms with E-state index in [0.29, 0.717) is 21.9 Å². The van der Waals surface area contributed by atoms with Gasteiger partial charge in [-0.05, 0) is 35.4 Å². The summed E-state index contributed by atoms with van der Waals surface area (Å²) in [5.41, 5.74) is 1.78. The fourth-order valence-electron chi connectivity index (χ4n) is 2.81. The van der Waals surface area contributed by atoms with E-state index in [1.54, 1.807) is 6.07 Å². The molecular formula is C15H21Cl2N. The number of halogens is 2. The van der Waals surface area contributed by atoms with E-state index in [1.807, 2.05) is 12.1 Å². The highest BCUT2D eigenvalue weighted by Gasteiger charge is 2.64. The van der Waals surface area contributed by atoms with Gasteiger partial charge in [0.05, 0.1) is 0 Å². The van der Waals surface area contributed by atoms with Crippen molar-refractivity contribution in [1.29, 1.82) is 0 Å². The Morgan fingerprint density at radius 3 is 2.11 bits per heavy atom. The van der Waals surface area contributed by atoms with E-state index in [-0.39, 0.29) is 6.04 Å². The molecule has 1 N–H and O–H groups in total. The minimum Gasteiger partial charge on any atom is -0.306 e. The third kappa shape index (κ3) is 2.17. The number of hydrogen-bond acceptors (Lipinski definition) is 1. The number of benzene rings is 1. The van der Waals surface area contributed by atoms with E-state index < -0.39 is 0 Å². The van der Waals surface area contributed by atoms with Crippen molar-refractivity contribution in [2.75, 3.05) is 0 Å². The molecule has 100 valence electrons. The van der Waals surface area contributed by atoms with E-state index in [2.05, 4.69) is 39.9 Å². The first-order valence-electron chi connectivity index (χ1n) is 6.39. The zero-order valence-electron chi connectivity index (χ0n) is 11.6. The van der Waals surface area contributed by atoms with Gasteiger partial charge < -0.3 is 5.32 Å². The largest absolute Gasteiger partial charge is 0.306 e. The van der Waals surface area contributed by atoms with Gasteiger partial charge in [-0.1, -0.05) is 57.0 Å². The minimum absolute atomic E-state index is 0.237. The van der Waals surface area contributed by atoms with Crippen LogP contribution in [0.2, 0.25) is 10.0 Å². The van der Waals surface area contributed by atoms with Crippen molar-refractivity contribution in [3.63, 3.8) is 0 Å². The predicted molar refractivity (Wildman–Crippen MR) is 79.4 cm³/mol. The van der Waals surface area contributed by atoms with Crippen molar-refractivity contribution in [3.05, 3.63) is 33.8 Å². The lowest BCUT2D eigenvalue weighted by molar-refractivity contribution is 0.457. The van der Waals surface area contributed by atoms with Gasteiger partial charge in [-0.3, -0.25) is 0 Å². The molecule has 1 aromatic rings. The molecule has 1 unspecified atom stereocenters. The Morgan fingerprint density at radius 1 is 1.11 bits per heavy atom. The Morgan fingerprint density at radius 2 is 1.67 bits per heavy atom. The molecule has 0 aliphatic heterocycles. The van der Waals surface area contributed by atoms with Crippen LogP contribution in [0, 0.1) is 10.8 Å². The first-order chi connectivity index (χ1) is 8.18. The Bertz CT molecular complexity index is 452. The summed E-state index contributed by atoms with van der Waals surface area (Å²) in [6, 6.07) is 6.46. The average Bonchev–Trinajstić information content (AvgIpc) is 2.60.